The van der Waals surface area contributed by atoms with Gasteiger partial charge in [-0.1, -0.05) is 30.3 Å². The average molecular weight is 865 g/mol. The number of rotatable bonds is 16. The highest BCUT2D eigenvalue weighted by Crippen LogP contribution is 2.40. The molecule has 0 fully saturated rings. The van der Waals surface area contributed by atoms with Gasteiger partial charge >= 0.3 is 12.1 Å². The maximum absolute atomic E-state index is 15.2. The van der Waals surface area contributed by atoms with Gasteiger partial charge in [0.2, 0.25) is 5.91 Å². The summed E-state index contributed by atoms with van der Waals surface area (Å²) in [4.78, 5) is 84.6. The highest BCUT2D eigenvalue weighted by molar-refractivity contribution is 6.14. The van der Waals surface area contributed by atoms with Gasteiger partial charge in [0.1, 0.15) is 30.0 Å². The van der Waals surface area contributed by atoms with Crippen molar-refractivity contribution in [1.82, 2.24) is 15.5 Å². The molecule has 5 amide bonds. The van der Waals surface area contributed by atoms with Crippen LogP contribution in [0.4, 0.5) is 16.2 Å². The van der Waals surface area contributed by atoms with E-state index in [-0.39, 0.29) is 61.0 Å². The predicted octanol–water partition coefficient (Wildman–Crippen LogP) is 4.89. The fourth-order valence-electron chi connectivity index (χ4n) is 6.91. The minimum absolute atomic E-state index is 0.0654. The Balaban J connectivity index is 1.51. The normalized spacial score (nSPS) is 15.4. The number of carboxylic acids is 1. The van der Waals surface area contributed by atoms with Crippen molar-refractivity contribution in [2.45, 2.75) is 64.9 Å². The lowest BCUT2D eigenvalue weighted by Gasteiger charge is -2.34. The monoisotopic (exact) mass is 864 g/mol. The number of benzene rings is 4. The molecule has 63 heavy (non-hydrogen) atoms. The summed E-state index contributed by atoms with van der Waals surface area (Å²) in [6.07, 6.45) is -0.756. The lowest BCUT2D eigenvalue weighted by atomic mass is 10.0. The molecule has 0 bridgehead atoms. The molecule has 4 aromatic carbocycles. The van der Waals surface area contributed by atoms with Crippen LogP contribution in [-0.4, -0.2) is 117 Å². The highest BCUT2D eigenvalue weighted by atomic mass is 16.6. The summed E-state index contributed by atoms with van der Waals surface area (Å²) in [6.45, 7) is 8.20. The maximum atomic E-state index is 15.2. The van der Waals surface area contributed by atoms with E-state index < -0.39 is 66.0 Å². The number of methoxy groups -OCH3 is 1. The molecule has 4 aromatic rings. The molecule has 0 unspecified atom stereocenters. The van der Waals surface area contributed by atoms with Crippen LogP contribution in [0.5, 0.6) is 5.75 Å². The molecule has 0 spiro atoms. The molecule has 332 valence electrons. The lowest BCUT2D eigenvalue weighted by molar-refractivity contribution is -0.142. The summed E-state index contributed by atoms with van der Waals surface area (Å²) in [6, 6.07) is 20.3. The SMILES string of the molecule is COc1ccc2ccccc2c1CN1C(=O)[C@@H](NC(=O)[C@H](C)N(C)C(=O)OC(C)(C)C)[C@H](C)N(C(=O)c2ccc(C(=O)NCCOCCOCC(=O)O)cc2)c2cc(C#N)ccc21. The third kappa shape index (κ3) is 11.5. The van der Waals surface area contributed by atoms with Crippen molar-refractivity contribution in [3.05, 3.63) is 101 Å². The second-order valence-electron chi connectivity index (χ2n) is 15.8. The molecule has 5 rings (SSSR count). The van der Waals surface area contributed by atoms with Gasteiger partial charge in [0.15, 0.2) is 0 Å². The molecule has 17 nitrogen and oxygen atoms in total. The van der Waals surface area contributed by atoms with Crippen LogP contribution in [0.25, 0.3) is 10.8 Å². The number of carboxylic acid groups (broad SMARTS) is 1. The third-order valence-electron chi connectivity index (χ3n) is 10.3. The first-order valence-electron chi connectivity index (χ1n) is 20.2. The van der Waals surface area contributed by atoms with Crippen LogP contribution in [0, 0.1) is 11.3 Å². The number of carbonyl (C=O) groups excluding carboxylic acids is 5. The van der Waals surface area contributed by atoms with Crippen molar-refractivity contribution in [3.63, 3.8) is 0 Å². The third-order valence-corrected chi connectivity index (χ3v) is 10.3. The number of likely N-dealkylation sites (N-methyl/N-ethyl adjacent to an activating group) is 1. The van der Waals surface area contributed by atoms with Crippen LogP contribution < -0.4 is 25.2 Å². The standard InChI is InChI=1S/C46H52N6O11/c1-28-40(49-41(55)29(2)50(6)45(59)63-46(3,4)5)44(58)51(26-35-34-11-9-8-10-31(34)17-19-38(35)60-7)36-18-12-30(25-47)24-37(36)52(28)43(57)33-15-13-32(14-16-33)42(56)48-20-21-61-22-23-62-27-39(53)54/h8-19,24,28-29,40H,20-23,26-27H2,1-7H3,(H,48,56)(H,49,55)(H,53,54)/t28-,29-,40-/m0/s1. The first kappa shape index (κ1) is 47.0. The quantitative estimate of drug-likeness (QED) is 0.128. The van der Waals surface area contributed by atoms with Crippen LogP contribution in [0.3, 0.4) is 0 Å². The molecule has 1 aliphatic heterocycles. The summed E-state index contributed by atoms with van der Waals surface area (Å²) >= 11 is 0. The zero-order chi connectivity index (χ0) is 46.0. The smallest absolute Gasteiger partial charge is 0.410 e. The Kier molecular flexibility index (Phi) is 15.4. The molecular weight excluding hydrogens is 813 g/mol. The Morgan fingerprint density at radius 2 is 1.60 bits per heavy atom. The van der Waals surface area contributed by atoms with Gasteiger partial charge in [-0.15, -0.1) is 0 Å². The van der Waals surface area contributed by atoms with Gasteiger partial charge < -0.3 is 44.5 Å². The molecule has 0 aromatic heterocycles. The number of hydrogen-bond acceptors (Lipinski definition) is 11. The number of carbonyl (C=O) groups is 6. The number of nitrogens with zero attached hydrogens (tertiary/aromatic N) is 4. The molecule has 0 saturated carbocycles. The van der Waals surface area contributed by atoms with Crippen molar-refractivity contribution in [3.8, 4) is 11.8 Å². The van der Waals surface area contributed by atoms with E-state index in [9.17, 15) is 29.2 Å². The molecule has 0 aliphatic carbocycles. The molecule has 0 radical (unpaired) electrons. The molecule has 3 N–H and O–H groups in total. The van der Waals surface area contributed by atoms with Crippen molar-refractivity contribution in [2.75, 3.05) is 56.9 Å². The molecule has 17 heteroatoms. The molecule has 1 heterocycles. The number of nitrogens with one attached hydrogen (secondary N) is 2. The number of fused-ring (bicyclic) bond motifs is 2. The van der Waals surface area contributed by atoms with E-state index in [2.05, 4.69) is 16.7 Å². The van der Waals surface area contributed by atoms with Crippen molar-refractivity contribution >= 4 is 57.8 Å². The Morgan fingerprint density at radius 3 is 2.27 bits per heavy atom. The van der Waals surface area contributed by atoms with Gasteiger partial charge in [-0.05, 0) is 93.9 Å². The van der Waals surface area contributed by atoms with E-state index in [0.29, 0.717) is 11.3 Å². The molecule has 0 saturated heterocycles. The fourth-order valence-corrected chi connectivity index (χ4v) is 6.91. The van der Waals surface area contributed by atoms with E-state index in [1.807, 2.05) is 30.3 Å². The van der Waals surface area contributed by atoms with E-state index in [1.54, 1.807) is 39.8 Å². The van der Waals surface area contributed by atoms with Gasteiger partial charge in [0, 0.05) is 30.3 Å². The van der Waals surface area contributed by atoms with Gasteiger partial charge in [0.25, 0.3) is 17.7 Å². The van der Waals surface area contributed by atoms with Crippen LogP contribution in [0.2, 0.25) is 0 Å². The first-order valence-corrected chi connectivity index (χ1v) is 20.2. The van der Waals surface area contributed by atoms with Crippen LogP contribution in [-0.2, 0) is 35.1 Å². The van der Waals surface area contributed by atoms with Crippen LogP contribution in [0.1, 0.15) is 66.5 Å². The number of hydrogen-bond donors (Lipinski definition) is 3. The van der Waals surface area contributed by atoms with E-state index in [4.69, 9.17) is 24.1 Å². The summed E-state index contributed by atoms with van der Waals surface area (Å²) in [5.74, 6) is -2.91. The Hall–Kier alpha value is -7.03. The second kappa shape index (κ2) is 20.7. The van der Waals surface area contributed by atoms with E-state index >= 15 is 4.79 Å². The Labute approximate surface area is 365 Å². The minimum atomic E-state index is -1.40. The lowest BCUT2D eigenvalue weighted by Crippen LogP contribution is -2.60. The second-order valence-corrected chi connectivity index (χ2v) is 15.8. The fraction of sp³-hybridized carbons (Fsp3) is 0.370. The van der Waals surface area contributed by atoms with Gasteiger partial charge in [-0.3, -0.25) is 24.1 Å². The average Bonchev–Trinajstić information content (AvgIpc) is 3.33. The topological polar surface area (TPSA) is 217 Å². The Morgan fingerprint density at radius 1 is 0.921 bits per heavy atom. The van der Waals surface area contributed by atoms with Crippen molar-refractivity contribution < 1.29 is 52.8 Å². The minimum Gasteiger partial charge on any atom is -0.496 e. The zero-order valence-corrected chi connectivity index (χ0v) is 36.3. The predicted molar refractivity (Wildman–Crippen MR) is 233 cm³/mol. The summed E-state index contributed by atoms with van der Waals surface area (Å²) in [5, 5.41) is 26.0. The van der Waals surface area contributed by atoms with E-state index in [0.717, 1.165) is 15.7 Å². The first-order chi connectivity index (χ1) is 29.9. The van der Waals surface area contributed by atoms with Crippen LogP contribution >= 0.6 is 0 Å². The number of ether oxygens (including phenoxy) is 4. The molecule has 3 atom stereocenters. The summed E-state index contributed by atoms with van der Waals surface area (Å²) in [7, 11) is 2.93. The highest BCUT2D eigenvalue weighted by Gasteiger charge is 2.44. The number of nitriles is 1. The Bertz CT molecular complexity index is 2390. The molecular formula is C46H52N6O11. The number of aliphatic carboxylic acids is 1. The number of amides is 5. The number of anilines is 2. The summed E-state index contributed by atoms with van der Waals surface area (Å²) < 4.78 is 21.6. The maximum Gasteiger partial charge on any atom is 0.410 e. The largest absolute Gasteiger partial charge is 0.496 e. The zero-order valence-electron chi connectivity index (χ0n) is 36.3. The van der Waals surface area contributed by atoms with Gasteiger partial charge in [-0.25, -0.2) is 9.59 Å². The molecule has 1 aliphatic rings. The van der Waals surface area contributed by atoms with Gasteiger partial charge in [-0.2, -0.15) is 5.26 Å². The van der Waals surface area contributed by atoms with Crippen molar-refractivity contribution in [2.24, 2.45) is 0 Å². The van der Waals surface area contributed by atoms with Crippen LogP contribution in [0.15, 0.2) is 78.9 Å². The van der Waals surface area contributed by atoms with Crippen molar-refractivity contribution in [1.29, 1.82) is 5.26 Å². The van der Waals surface area contributed by atoms with Gasteiger partial charge in [0.05, 0.1) is 62.5 Å². The van der Waals surface area contributed by atoms with E-state index in [1.165, 1.54) is 67.3 Å². The summed E-state index contributed by atoms with van der Waals surface area (Å²) in [5.41, 5.74) is 0.877.